The van der Waals surface area contributed by atoms with Crippen molar-refractivity contribution < 1.29 is 46.1 Å². The van der Waals surface area contributed by atoms with Crippen molar-refractivity contribution in [3.05, 3.63) is 21.9 Å². The van der Waals surface area contributed by atoms with E-state index in [1.807, 2.05) is 11.3 Å². The molecule has 1 saturated carbocycles. The van der Waals surface area contributed by atoms with Gasteiger partial charge in [-0.2, -0.15) is 26.3 Å². The SMILES string of the molecule is Cc1ccc(CN2CCC3(CCCN3CC3CC3)CC2)s1.O=C(O)C(F)(F)F.O=C(O)C(F)(F)F. The van der Waals surface area contributed by atoms with Crippen LogP contribution in [0.3, 0.4) is 0 Å². The van der Waals surface area contributed by atoms with E-state index in [1.165, 1.54) is 76.1 Å². The van der Waals surface area contributed by atoms with Gasteiger partial charge < -0.3 is 10.2 Å². The van der Waals surface area contributed by atoms with Gasteiger partial charge in [0.25, 0.3) is 0 Å². The second-order valence-electron chi connectivity index (χ2n) is 9.11. The lowest BCUT2D eigenvalue weighted by molar-refractivity contribution is -0.193. The first-order valence-corrected chi connectivity index (χ1v) is 12.1. The highest BCUT2D eigenvalue weighted by molar-refractivity contribution is 7.11. The van der Waals surface area contributed by atoms with E-state index >= 15 is 0 Å². The van der Waals surface area contributed by atoms with Crippen LogP contribution < -0.4 is 0 Å². The van der Waals surface area contributed by atoms with Gasteiger partial charge in [-0.25, -0.2) is 9.59 Å². The van der Waals surface area contributed by atoms with Crippen LogP contribution in [0.5, 0.6) is 0 Å². The van der Waals surface area contributed by atoms with Gasteiger partial charge in [-0.05, 0) is 70.0 Å². The third-order valence-corrected chi connectivity index (χ3v) is 7.35. The summed E-state index contributed by atoms with van der Waals surface area (Å²) in [6.45, 7) is 8.78. The Bertz CT molecular complexity index is 822. The summed E-state index contributed by atoms with van der Waals surface area (Å²) >= 11 is 1.97. The topological polar surface area (TPSA) is 81.1 Å². The molecule has 1 spiro atoms. The maximum atomic E-state index is 10.6. The fourth-order valence-electron chi connectivity index (χ4n) is 4.38. The zero-order valence-electron chi connectivity index (χ0n) is 19.3. The fraction of sp³-hybridized carbons (Fsp3) is 0.727. The molecule has 2 aliphatic heterocycles. The molecular formula is C22H30F6N2O4S. The van der Waals surface area contributed by atoms with Crippen LogP contribution in [0, 0.1) is 12.8 Å². The molecule has 0 aromatic carbocycles. The summed E-state index contributed by atoms with van der Waals surface area (Å²) in [5.41, 5.74) is 0.588. The van der Waals surface area contributed by atoms with Crippen molar-refractivity contribution in [3.8, 4) is 0 Å². The van der Waals surface area contributed by atoms with Crippen LogP contribution in [0.4, 0.5) is 26.3 Å². The summed E-state index contributed by atoms with van der Waals surface area (Å²) < 4.78 is 63.5. The molecule has 1 aromatic heterocycles. The number of hydrogen-bond donors (Lipinski definition) is 2. The maximum Gasteiger partial charge on any atom is 0.490 e. The predicted octanol–water partition coefficient (Wildman–Crippen LogP) is 5.16. The second kappa shape index (κ2) is 11.9. The van der Waals surface area contributed by atoms with Crippen molar-refractivity contribution in [3.63, 3.8) is 0 Å². The summed E-state index contributed by atoms with van der Waals surface area (Å²) in [6.07, 6.45) is -1.45. The monoisotopic (exact) mass is 532 g/mol. The summed E-state index contributed by atoms with van der Waals surface area (Å²) in [5, 5.41) is 14.2. The number of carboxylic acids is 2. The highest BCUT2D eigenvalue weighted by atomic mass is 32.1. The molecule has 0 amide bonds. The van der Waals surface area contributed by atoms with Gasteiger partial charge in [0, 0.05) is 41.5 Å². The largest absolute Gasteiger partial charge is 0.490 e. The van der Waals surface area contributed by atoms with E-state index < -0.39 is 24.3 Å². The maximum absolute atomic E-state index is 10.6. The number of rotatable bonds is 4. The second-order valence-corrected chi connectivity index (χ2v) is 10.5. The molecule has 3 fully saturated rings. The molecular weight excluding hydrogens is 502 g/mol. The molecule has 6 nitrogen and oxygen atoms in total. The number of carboxylic acid groups (broad SMARTS) is 2. The molecule has 1 aromatic rings. The summed E-state index contributed by atoms with van der Waals surface area (Å²) in [7, 11) is 0. The van der Waals surface area contributed by atoms with Crippen LogP contribution in [0.2, 0.25) is 0 Å². The normalized spacial score (nSPS) is 20.5. The van der Waals surface area contributed by atoms with Crippen LogP contribution in [-0.4, -0.2) is 76.0 Å². The van der Waals surface area contributed by atoms with Gasteiger partial charge in [-0.1, -0.05) is 0 Å². The fourth-order valence-corrected chi connectivity index (χ4v) is 5.31. The highest BCUT2D eigenvalue weighted by Gasteiger charge is 2.44. The Morgan fingerprint density at radius 2 is 1.49 bits per heavy atom. The number of carbonyl (C=O) groups is 2. The van der Waals surface area contributed by atoms with Gasteiger partial charge in [0.05, 0.1) is 0 Å². The first kappa shape index (κ1) is 29.4. The molecule has 3 aliphatic rings. The van der Waals surface area contributed by atoms with Crippen LogP contribution in [-0.2, 0) is 16.1 Å². The number of piperidine rings is 1. The Balaban J connectivity index is 0.000000257. The minimum atomic E-state index is -5.08. The molecule has 3 heterocycles. The third kappa shape index (κ3) is 9.60. The van der Waals surface area contributed by atoms with E-state index in [9.17, 15) is 26.3 Å². The van der Waals surface area contributed by atoms with Gasteiger partial charge in [-0.3, -0.25) is 9.80 Å². The smallest absolute Gasteiger partial charge is 0.475 e. The van der Waals surface area contributed by atoms with Crippen molar-refractivity contribution >= 4 is 23.3 Å². The number of aliphatic carboxylic acids is 2. The van der Waals surface area contributed by atoms with Crippen LogP contribution in [0.25, 0.3) is 0 Å². The van der Waals surface area contributed by atoms with E-state index in [-0.39, 0.29) is 0 Å². The van der Waals surface area contributed by atoms with Crippen LogP contribution >= 0.6 is 11.3 Å². The minimum absolute atomic E-state index is 0.588. The zero-order valence-corrected chi connectivity index (χ0v) is 20.1. The minimum Gasteiger partial charge on any atom is -0.475 e. The summed E-state index contributed by atoms with van der Waals surface area (Å²) in [5.74, 6) is -4.47. The van der Waals surface area contributed by atoms with Crippen LogP contribution in [0.1, 0.15) is 48.3 Å². The lowest BCUT2D eigenvalue weighted by Gasteiger charge is -2.45. The van der Waals surface area contributed by atoms with Gasteiger partial charge in [0.15, 0.2) is 0 Å². The van der Waals surface area contributed by atoms with E-state index in [4.69, 9.17) is 19.8 Å². The van der Waals surface area contributed by atoms with Gasteiger partial charge in [0.1, 0.15) is 0 Å². The van der Waals surface area contributed by atoms with E-state index in [0.717, 1.165) is 5.92 Å². The van der Waals surface area contributed by atoms with E-state index in [2.05, 4.69) is 28.9 Å². The first-order valence-electron chi connectivity index (χ1n) is 11.3. The number of nitrogens with zero attached hydrogens (tertiary/aromatic N) is 2. The number of halogens is 6. The van der Waals surface area contributed by atoms with Crippen molar-refractivity contribution in [2.45, 2.75) is 69.9 Å². The Hall–Kier alpha value is -1.86. The zero-order chi connectivity index (χ0) is 26.4. The predicted molar refractivity (Wildman–Crippen MR) is 117 cm³/mol. The van der Waals surface area contributed by atoms with E-state index in [0.29, 0.717) is 5.54 Å². The molecule has 0 bridgehead atoms. The number of alkyl halides is 6. The van der Waals surface area contributed by atoms with Crippen molar-refractivity contribution in [2.75, 3.05) is 26.2 Å². The molecule has 0 radical (unpaired) electrons. The van der Waals surface area contributed by atoms with Crippen molar-refractivity contribution in [1.29, 1.82) is 0 Å². The molecule has 1 aliphatic carbocycles. The molecule has 0 atom stereocenters. The van der Waals surface area contributed by atoms with Gasteiger partial charge in [-0.15, -0.1) is 11.3 Å². The first-order chi connectivity index (χ1) is 16.1. The Labute approximate surface area is 203 Å². The Morgan fingerprint density at radius 3 is 1.89 bits per heavy atom. The Kier molecular flexibility index (Phi) is 10.0. The number of likely N-dealkylation sites (tertiary alicyclic amines) is 2. The molecule has 4 rings (SSSR count). The average Bonchev–Trinajstić information content (AvgIpc) is 3.35. The number of aryl methyl sites for hydroxylation is 1. The van der Waals surface area contributed by atoms with Gasteiger partial charge >= 0.3 is 24.3 Å². The standard InChI is InChI=1S/C18H28N2S.2C2HF3O2/c1-15-3-6-17(21-15)14-19-11-8-18(9-12-19)7-2-10-20(18)13-16-4-5-16;2*3-2(4,5)1(6)7/h3,6,16H,2,4-5,7-14H2,1H3;2*(H,6,7). The van der Waals surface area contributed by atoms with Crippen molar-refractivity contribution in [1.82, 2.24) is 9.80 Å². The van der Waals surface area contributed by atoms with Gasteiger partial charge in [0.2, 0.25) is 0 Å². The molecule has 0 unspecified atom stereocenters. The average molecular weight is 533 g/mol. The lowest BCUT2D eigenvalue weighted by Crippen LogP contribution is -2.52. The quantitative estimate of drug-likeness (QED) is 0.522. The molecule has 200 valence electrons. The summed E-state index contributed by atoms with van der Waals surface area (Å²) in [4.78, 5) is 26.4. The number of thiophene rings is 1. The van der Waals surface area contributed by atoms with Crippen molar-refractivity contribution in [2.24, 2.45) is 5.92 Å². The highest BCUT2D eigenvalue weighted by Crippen LogP contribution is 2.42. The summed E-state index contributed by atoms with van der Waals surface area (Å²) in [6, 6.07) is 4.58. The molecule has 35 heavy (non-hydrogen) atoms. The molecule has 2 saturated heterocycles. The molecule has 2 N–H and O–H groups in total. The Morgan fingerprint density at radius 1 is 0.971 bits per heavy atom. The third-order valence-electron chi connectivity index (χ3n) is 6.36. The van der Waals surface area contributed by atoms with Crippen LogP contribution in [0.15, 0.2) is 12.1 Å². The molecule has 13 heteroatoms. The number of hydrogen-bond acceptors (Lipinski definition) is 5. The lowest BCUT2D eigenvalue weighted by atomic mass is 9.84. The van der Waals surface area contributed by atoms with E-state index in [1.54, 1.807) is 4.88 Å².